The molecule has 1 aromatic carbocycles. The molecule has 0 radical (unpaired) electrons. The van der Waals surface area contributed by atoms with Gasteiger partial charge in [0.2, 0.25) is 0 Å². The Morgan fingerprint density at radius 3 is 2.39 bits per heavy atom. The van der Waals surface area contributed by atoms with Gasteiger partial charge in [0.25, 0.3) is 0 Å². The first kappa shape index (κ1) is 15.2. The molecule has 1 nitrogen and oxygen atoms in total. The molecule has 102 valence electrons. The molecule has 0 bridgehead atoms. The average Bonchev–Trinajstić information content (AvgIpc) is 2.32. The fraction of sp³-hybridized carbons (Fsp3) is 0.647. The lowest BCUT2D eigenvalue weighted by Gasteiger charge is -2.23. The zero-order valence-corrected chi connectivity index (χ0v) is 12.7. The van der Waals surface area contributed by atoms with Crippen molar-refractivity contribution < 1.29 is 0 Å². The van der Waals surface area contributed by atoms with Crippen molar-refractivity contribution in [2.24, 2.45) is 5.92 Å². The van der Waals surface area contributed by atoms with Crippen molar-refractivity contribution in [1.29, 1.82) is 0 Å². The maximum absolute atomic E-state index is 3.63. The van der Waals surface area contributed by atoms with E-state index >= 15 is 0 Å². The van der Waals surface area contributed by atoms with Crippen LogP contribution in [0.1, 0.15) is 62.8 Å². The summed E-state index contributed by atoms with van der Waals surface area (Å²) in [5.74, 6) is 0.792. The Morgan fingerprint density at radius 1 is 1.11 bits per heavy atom. The highest BCUT2D eigenvalue weighted by atomic mass is 14.9. The van der Waals surface area contributed by atoms with Gasteiger partial charge in [0.15, 0.2) is 0 Å². The molecular formula is C17H29N. The standard InChI is InChI=1S/C17H29N/c1-6-8-13(3)11-17(18-7-2)16-10-9-14(4)15(5)12-16/h9-10,12-13,17-18H,6-8,11H2,1-5H3. The Kier molecular flexibility index (Phi) is 6.42. The van der Waals surface area contributed by atoms with Crippen LogP contribution in [0, 0.1) is 19.8 Å². The number of hydrogen-bond donors (Lipinski definition) is 1. The molecule has 0 fully saturated rings. The van der Waals surface area contributed by atoms with Crippen LogP contribution in [-0.4, -0.2) is 6.54 Å². The van der Waals surface area contributed by atoms with Gasteiger partial charge in [0.1, 0.15) is 0 Å². The van der Waals surface area contributed by atoms with Gasteiger partial charge in [-0.3, -0.25) is 0 Å². The van der Waals surface area contributed by atoms with Gasteiger partial charge >= 0.3 is 0 Å². The number of aryl methyl sites for hydroxylation is 2. The van der Waals surface area contributed by atoms with Crippen LogP contribution < -0.4 is 5.32 Å². The maximum Gasteiger partial charge on any atom is 0.0322 e. The number of benzene rings is 1. The van der Waals surface area contributed by atoms with Crippen LogP contribution in [0.5, 0.6) is 0 Å². The van der Waals surface area contributed by atoms with Crippen LogP contribution in [0.15, 0.2) is 18.2 Å². The largest absolute Gasteiger partial charge is 0.310 e. The summed E-state index contributed by atoms with van der Waals surface area (Å²) in [6, 6.07) is 7.39. The third-order valence-corrected chi connectivity index (χ3v) is 3.80. The van der Waals surface area contributed by atoms with Gasteiger partial charge in [-0.05, 0) is 49.4 Å². The zero-order valence-electron chi connectivity index (χ0n) is 12.7. The molecule has 1 heteroatoms. The van der Waals surface area contributed by atoms with Crippen molar-refractivity contribution in [1.82, 2.24) is 5.32 Å². The van der Waals surface area contributed by atoms with Gasteiger partial charge in [0, 0.05) is 6.04 Å². The summed E-state index contributed by atoms with van der Waals surface area (Å²) in [5, 5.41) is 3.63. The van der Waals surface area contributed by atoms with Crippen molar-refractivity contribution in [3.63, 3.8) is 0 Å². The molecule has 2 atom stereocenters. The average molecular weight is 247 g/mol. The molecule has 18 heavy (non-hydrogen) atoms. The van der Waals surface area contributed by atoms with E-state index in [1.54, 1.807) is 0 Å². The van der Waals surface area contributed by atoms with Crippen molar-refractivity contribution in [2.75, 3.05) is 6.54 Å². The molecule has 0 heterocycles. The summed E-state index contributed by atoms with van der Waals surface area (Å²) in [6.07, 6.45) is 3.85. The van der Waals surface area contributed by atoms with E-state index in [2.05, 4.69) is 58.1 Å². The molecule has 0 aliphatic heterocycles. The Bertz CT molecular complexity index is 357. The van der Waals surface area contributed by atoms with E-state index in [-0.39, 0.29) is 0 Å². The van der Waals surface area contributed by atoms with Gasteiger partial charge in [0.05, 0.1) is 0 Å². The lowest BCUT2D eigenvalue weighted by Crippen LogP contribution is -2.23. The van der Waals surface area contributed by atoms with E-state index in [0.29, 0.717) is 6.04 Å². The van der Waals surface area contributed by atoms with Gasteiger partial charge in [-0.1, -0.05) is 51.8 Å². The molecule has 0 aliphatic rings. The SMILES string of the molecule is CCCC(C)CC(NCC)c1ccc(C)c(C)c1. The van der Waals surface area contributed by atoms with Crippen LogP contribution in [-0.2, 0) is 0 Å². The third-order valence-electron chi connectivity index (χ3n) is 3.80. The van der Waals surface area contributed by atoms with E-state index < -0.39 is 0 Å². The second-order valence-corrected chi connectivity index (χ2v) is 5.58. The second kappa shape index (κ2) is 7.58. The summed E-state index contributed by atoms with van der Waals surface area (Å²) >= 11 is 0. The van der Waals surface area contributed by atoms with Gasteiger partial charge < -0.3 is 5.32 Å². The normalized spacial score (nSPS) is 14.5. The molecule has 0 aliphatic carbocycles. The fourth-order valence-corrected chi connectivity index (χ4v) is 2.58. The zero-order chi connectivity index (χ0) is 13.5. The minimum atomic E-state index is 0.510. The molecule has 0 amide bonds. The molecule has 1 N–H and O–H groups in total. The van der Waals surface area contributed by atoms with Crippen molar-refractivity contribution in [3.8, 4) is 0 Å². The topological polar surface area (TPSA) is 12.0 Å². The highest BCUT2D eigenvalue weighted by Crippen LogP contribution is 2.25. The number of nitrogens with one attached hydrogen (secondary N) is 1. The van der Waals surface area contributed by atoms with E-state index in [4.69, 9.17) is 0 Å². The number of rotatable bonds is 7. The highest BCUT2D eigenvalue weighted by Gasteiger charge is 2.14. The Labute approximate surface area is 113 Å². The fourth-order valence-electron chi connectivity index (χ4n) is 2.58. The van der Waals surface area contributed by atoms with Crippen LogP contribution in [0.4, 0.5) is 0 Å². The van der Waals surface area contributed by atoms with Crippen LogP contribution in [0.25, 0.3) is 0 Å². The Hall–Kier alpha value is -0.820. The monoisotopic (exact) mass is 247 g/mol. The lowest BCUT2D eigenvalue weighted by atomic mass is 9.91. The van der Waals surface area contributed by atoms with Crippen molar-refractivity contribution >= 4 is 0 Å². The lowest BCUT2D eigenvalue weighted by molar-refractivity contribution is 0.395. The van der Waals surface area contributed by atoms with Crippen molar-refractivity contribution in [2.45, 2.75) is 59.9 Å². The molecule has 0 spiro atoms. The predicted octanol–water partition coefficient (Wildman–Crippen LogP) is 4.78. The molecular weight excluding hydrogens is 218 g/mol. The van der Waals surface area contributed by atoms with Gasteiger partial charge in [-0.2, -0.15) is 0 Å². The quantitative estimate of drug-likeness (QED) is 0.731. The predicted molar refractivity (Wildman–Crippen MR) is 81.0 cm³/mol. The molecule has 0 saturated heterocycles. The molecule has 0 aromatic heterocycles. The summed E-state index contributed by atoms with van der Waals surface area (Å²) in [4.78, 5) is 0. The highest BCUT2D eigenvalue weighted by molar-refractivity contribution is 5.31. The van der Waals surface area contributed by atoms with Crippen LogP contribution in [0.3, 0.4) is 0 Å². The van der Waals surface area contributed by atoms with Gasteiger partial charge in [-0.25, -0.2) is 0 Å². The van der Waals surface area contributed by atoms with Crippen LogP contribution >= 0.6 is 0 Å². The first-order chi connectivity index (χ1) is 8.58. The Balaban J connectivity index is 2.79. The third kappa shape index (κ3) is 4.45. The minimum Gasteiger partial charge on any atom is -0.310 e. The first-order valence-electron chi connectivity index (χ1n) is 7.39. The molecule has 1 rings (SSSR count). The number of hydrogen-bond acceptors (Lipinski definition) is 1. The second-order valence-electron chi connectivity index (χ2n) is 5.58. The minimum absolute atomic E-state index is 0.510. The van der Waals surface area contributed by atoms with Crippen molar-refractivity contribution in [3.05, 3.63) is 34.9 Å². The van der Waals surface area contributed by atoms with Crippen LogP contribution in [0.2, 0.25) is 0 Å². The maximum atomic E-state index is 3.63. The molecule has 2 unspecified atom stereocenters. The van der Waals surface area contributed by atoms with E-state index in [1.165, 1.54) is 36.0 Å². The summed E-state index contributed by atoms with van der Waals surface area (Å²) in [7, 11) is 0. The molecule has 1 aromatic rings. The Morgan fingerprint density at radius 2 is 1.83 bits per heavy atom. The summed E-state index contributed by atoms with van der Waals surface area (Å²) in [6.45, 7) is 12.3. The molecule has 0 saturated carbocycles. The van der Waals surface area contributed by atoms with Gasteiger partial charge in [-0.15, -0.1) is 0 Å². The van der Waals surface area contributed by atoms with E-state index in [9.17, 15) is 0 Å². The summed E-state index contributed by atoms with van der Waals surface area (Å²) < 4.78 is 0. The first-order valence-corrected chi connectivity index (χ1v) is 7.39. The summed E-state index contributed by atoms with van der Waals surface area (Å²) in [5.41, 5.74) is 4.23. The van der Waals surface area contributed by atoms with E-state index in [0.717, 1.165) is 12.5 Å². The van der Waals surface area contributed by atoms with E-state index in [1.807, 2.05) is 0 Å². The smallest absolute Gasteiger partial charge is 0.0322 e.